The van der Waals surface area contributed by atoms with Crippen molar-refractivity contribution in [3.05, 3.63) is 59.7 Å². The molecule has 1 heterocycles. The molecule has 0 fully saturated rings. The van der Waals surface area contributed by atoms with Gasteiger partial charge in [0, 0.05) is 5.56 Å². The summed E-state index contributed by atoms with van der Waals surface area (Å²) in [7, 11) is -1.77. The van der Waals surface area contributed by atoms with E-state index in [4.69, 9.17) is 4.74 Å². The van der Waals surface area contributed by atoms with Gasteiger partial charge >= 0.3 is 0 Å². The highest BCUT2D eigenvalue weighted by Gasteiger charge is 2.41. The van der Waals surface area contributed by atoms with Crippen molar-refractivity contribution in [2.24, 2.45) is 0 Å². The quantitative estimate of drug-likeness (QED) is 0.923. The van der Waals surface area contributed by atoms with Crippen LogP contribution in [0, 0.1) is 0 Å². The monoisotopic (exact) mass is 304 g/mol. The predicted molar refractivity (Wildman–Crippen MR) is 79.1 cm³/mol. The van der Waals surface area contributed by atoms with Crippen LogP contribution in [0.4, 0.5) is 0 Å². The number of ether oxygens (including phenoxy) is 1. The number of methoxy groups -OCH3 is 1. The summed E-state index contributed by atoms with van der Waals surface area (Å²) in [4.78, 5) is 0.210. The van der Waals surface area contributed by atoms with Crippen molar-refractivity contribution < 1.29 is 18.3 Å². The standard InChI is InChI=1S/C16H16O4S/c1-20-13-6-4-5-12(11-13)16(17)9-10-21(18,19)15-8-3-2-7-14(15)16/h2-8,11,17H,9-10H2,1H3. The minimum Gasteiger partial charge on any atom is -0.497 e. The third-order valence-electron chi connectivity index (χ3n) is 3.95. The van der Waals surface area contributed by atoms with E-state index in [2.05, 4.69) is 0 Å². The highest BCUT2D eigenvalue weighted by molar-refractivity contribution is 7.91. The molecule has 21 heavy (non-hydrogen) atoms. The van der Waals surface area contributed by atoms with Gasteiger partial charge in [-0.25, -0.2) is 8.42 Å². The van der Waals surface area contributed by atoms with Crippen molar-refractivity contribution in [2.45, 2.75) is 16.9 Å². The van der Waals surface area contributed by atoms with Gasteiger partial charge in [0.1, 0.15) is 11.4 Å². The first kappa shape index (κ1) is 14.1. The van der Waals surface area contributed by atoms with E-state index >= 15 is 0 Å². The molecule has 4 nitrogen and oxygen atoms in total. The lowest BCUT2D eigenvalue weighted by atomic mass is 9.83. The van der Waals surface area contributed by atoms with E-state index in [9.17, 15) is 13.5 Å². The van der Waals surface area contributed by atoms with Gasteiger partial charge in [0.15, 0.2) is 9.84 Å². The summed E-state index contributed by atoms with van der Waals surface area (Å²) >= 11 is 0. The molecule has 1 N–H and O–H groups in total. The maximum Gasteiger partial charge on any atom is 0.178 e. The van der Waals surface area contributed by atoms with Crippen LogP contribution in [0.3, 0.4) is 0 Å². The number of sulfone groups is 1. The van der Waals surface area contributed by atoms with E-state index in [1.165, 1.54) is 0 Å². The zero-order chi connectivity index (χ0) is 15.1. The highest BCUT2D eigenvalue weighted by Crippen LogP contribution is 2.42. The third kappa shape index (κ3) is 2.22. The van der Waals surface area contributed by atoms with Crippen LogP contribution in [0.2, 0.25) is 0 Å². The zero-order valence-electron chi connectivity index (χ0n) is 11.6. The Morgan fingerprint density at radius 1 is 1.14 bits per heavy atom. The fourth-order valence-electron chi connectivity index (χ4n) is 2.79. The molecule has 0 aromatic heterocycles. The van der Waals surface area contributed by atoms with E-state index in [0.717, 1.165) is 0 Å². The van der Waals surface area contributed by atoms with E-state index in [0.29, 0.717) is 16.9 Å². The van der Waals surface area contributed by atoms with Crippen LogP contribution >= 0.6 is 0 Å². The van der Waals surface area contributed by atoms with Crippen LogP contribution in [0.25, 0.3) is 0 Å². The number of benzene rings is 2. The largest absolute Gasteiger partial charge is 0.497 e. The lowest BCUT2D eigenvalue weighted by Gasteiger charge is -2.34. The maximum atomic E-state index is 12.2. The smallest absolute Gasteiger partial charge is 0.178 e. The second-order valence-corrected chi connectivity index (χ2v) is 7.23. The molecule has 0 saturated carbocycles. The van der Waals surface area contributed by atoms with Gasteiger partial charge in [0.2, 0.25) is 0 Å². The first-order valence-corrected chi connectivity index (χ1v) is 8.32. The molecule has 3 rings (SSSR count). The van der Waals surface area contributed by atoms with Gasteiger partial charge in [-0.2, -0.15) is 0 Å². The summed E-state index contributed by atoms with van der Waals surface area (Å²) in [6, 6.07) is 13.8. The molecule has 1 atom stereocenters. The summed E-state index contributed by atoms with van der Waals surface area (Å²) in [6.07, 6.45) is 0.138. The molecular weight excluding hydrogens is 288 g/mol. The Hall–Kier alpha value is -1.85. The molecule has 1 unspecified atom stereocenters. The molecule has 0 radical (unpaired) electrons. The number of hydrogen-bond acceptors (Lipinski definition) is 4. The highest BCUT2D eigenvalue weighted by atomic mass is 32.2. The Kier molecular flexibility index (Phi) is 3.26. The van der Waals surface area contributed by atoms with E-state index in [1.807, 2.05) is 0 Å². The lowest BCUT2D eigenvalue weighted by Crippen LogP contribution is -2.36. The Morgan fingerprint density at radius 3 is 2.67 bits per heavy atom. The summed E-state index contributed by atoms with van der Waals surface area (Å²) in [5.74, 6) is 0.560. The molecule has 0 bridgehead atoms. The van der Waals surface area contributed by atoms with E-state index < -0.39 is 15.4 Å². The molecule has 5 heteroatoms. The van der Waals surface area contributed by atoms with Crippen molar-refractivity contribution in [1.82, 2.24) is 0 Å². The number of hydrogen-bond donors (Lipinski definition) is 1. The summed E-state index contributed by atoms with van der Waals surface area (Å²) in [5, 5.41) is 11.1. The molecule has 0 aliphatic carbocycles. The van der Waals surface area contributed by atoms with E-state index in [1.54, 1.807) is 55.6 Å². The van der Waals surface area contributed by atoms with Crippen LogP contribution in [0.5, 0.6) is 5.75 Å². The summed E-state index contributed by atoms with van der Waals surface area (Å²) in [6.45, 7) is 0. The first-order valence-electron chi connectivity index (χ1n) is 6.66. The van der Waals surface area contributed by atoms with Crippen molar-refractivity contribution in [1.29, 1.82) is 0 Å². The average Bonchev–Trinajstić information content (AvgIpc) is 2.52. The third-order valence-corrected chi connectivity index (χ3v) is 5.72. The lowest BCUT2D eigenvalue weighted by molar-refractivity contribution is 0.0715. The Morgan fingerprint density at radius 2 is 1.90 bits per heavy atom. The molecule has 110 valence electrons. The maximum absolute atomic E-state index is 12.2. The topological polar surface area (TPSA) is 63.6 Å². The molecule has 0 saturated heterocycles. The van der Waals surface area contributed by atoms with Crippen molar-refractivity contribution in [3.63, 3.8) is 0 Å². The minimum absolute atomic E-state index is 0.0717. The molecule has 0 spiro atoms. The second-order valence-electron chi connectivity index (χ2n) is 5.16. The summed E-state index contributed by atoms with van der Waals surface area (Å²) in [5.41, 5.74) is -0.232. The molecule has 1 aliphatic rings. The van der Waals surface area contributed by atoms with Gasteiger partial charge in [-0.15, -0.1) is 0 Å². The van der Waals surface area contributed by atoms with Crippen molar-refractivity contribution >= 4 is 9.84 Å². The Balaban J connectivity index is 2.22. The molecule has 1 aliphatic heterocycles. The number of aliphatic hydroxyl groups is 1. The molecule has 2 aromatic rings. The predicted octanol–water partition coefficient (Wildman–Crippen LogP) is 2.11. The fraction of sp³-hybridized carbons (Fsp3) is 0.250. The van der Waals surface area contributed by atoms with Crippen LogP contribution in [0.1, 0.15) is 17.5 Å². The normalized spacial score (nSPS) is 23.3. The van der Waals surface area contributed by atoms with Crippen molar-refractivity contribution in [3.8, 4) is 5.75 Å². The van der Waals surface area contributed by atoms with Gasteiger partial charge < -0.3 is 9.84 Å². The SMILES string of the molecule is COc1cccc(C2(O)CCS(=O)(=O)c3ccccc32)c1. The van der Waals surface area contributed by atoms with Crippen LogP contribution < -0.4 is 4.74 Å². The fourth-order valence-corrected chi connectivity index (χ4v) is 4.43. The zero-order valence-corrected chi connectivity index (χ0v) is 12.4. The van der Waals surface area contributed by atoms with Gasteiger partial charge in [0.05, 0.1) is 17.8 Å². The number of fused-ring (bicyclic) bond motifs is 1. The Bertz CT molecular complexity index is 782. The first-order chi connectivity index (χ1) is 9.97. The van der Waals surface area contributed by atoms with Gasteiger partial charge in [-0.1, -0.05) is 30.3 Å². The van der Waals surface area contributed by atoms with Crippen LogP contribution in [-0.4, -0.2) is 26.4 Å². The van der Waals surface area contributed by atoms with Crippen molar-refractivity contribution in [2.75, 3.05) is 12.9 Å². The Labute approximate surface area is 123 Å². The molecule has 2 aromatic carbocycles. The minimum atomic E-state index is -3.33. The average molecular weight is 304 g/mol. The van der Waals surface area contributed by atoms with E-state index in [-0.39, 0.29) is 17.1 Å². The molecular formula is C16H16O4S. The number of rotatable bonds is 2. The van der Waals surface area contributed by atoms with Crippen LogP contribution in [-0.2, 0) is 15.4 Å². The second kappa shape index (κ2) is 4.86. The molecule has 0 amide bonds. The van der Waals surface area contributed by atoms with Gasteiger partial charge in [-0.05, 0) is 30.2 Å². The van der Waals surface area contributed by atoms with Gasteiger partial charge in [0.25, 0.3) is 0 Å². The van der Waals surface area contributed by atoms with Crippen LogP contribution in [0.15, 0.2) is 53.4 Å². The summed E-state index contributed by atoms with van der Waals surface area (Å²) < 4.78 is 29.5. The van der Waals surface area contributed by atoms with Gasteiger partial charge in [-0.3, -0.25) is 0 Å².